The Labute approximate surface area is 409 Å². The molecule has 10 rings (SSSR count). The molecular formula is C59H50Cl4Zr. The van der Waals surface area contributed by atoms with Crippen LogP contribution in [0, 0.1) is 0 Å². The third-order valence-corrected chi connectivity index (χ3v) is 21.3. The topological polar surface area (TPSA) is 0 Å². The van der Waals surface area contributed by atoms with Gasteiger partial charge in [0.1, 0.15) is 0 Å². The summed E-state index contributed by atoms with van der Waals surface area (Å²) in [6.07, 6.45) is 8.98. The van der Waals surface area contributed by atoms with E-state index in [2.05, 4.69) is 199 Å². The molecule has 2 aliphatic carbocycles. The van der Waals surface area contributed by atoms with E-state index in [1.165, 1.54) is 80.7 Å². The predicted molar refractivity (Wildman–Crippen MR) is 266 cm³/mol. The van der Waals surface area contributed by atoms with E-state index in [1.54, 1.807) is 6.55 Å². The molecule has 0 spiro atoms. The van der Waals surface area contributed by atoms with E-state index in [9.17, 15) is 0 Å². The summed E-state index contributed by atoms with van der Waals surface area (Å²) in [6.45, 7) is 14.3. The Morgan fingerprint density at radius 1 is 0.516 bits per heavy atom. The van der Waals surface area contributed by atoms with Crippen LogP contribution in [-0.4, -0.2) is 3.21 Å². The molecule has 5 heteroatoms. The van der Waals surface area contributed by atoms with Crippen molar-refractivity contribution in [2.24, 2.45) is 0 Å². The third kappa shape index (κ3) is 8.16. The first-order chi connectivity index (χ1) is 29.9. The number of allylic oxidation sites excluding steroid dienone is 4. The summed E-state index contributed by atoms with van der Waals surface area (Å²) in [7, 11) is 0. The summed E-state index contributed by atoms with van der Waals surface area (Å²) in [5.74, 6) is 0. The van der Waals surface area contributed by atoms with Crippen LogP contribution in [0.4, 0.5) is 0 Å². The molecule has 2 aliphatic rings. The molecule has 0 atom stereocenters. The van der Waals surface area contributed by atoms with Crippen LogP contribution >= 0.6 is 23.2 Å². The zero-order valence-electron chi connectivity index (χ0n) is 37.1. The molecule has 0 amide bonds. The summed E-state index contributed by atoms with van der Waals surface area (Å²) < 4.78 is 4.62. The maximum absolute atomic E-state index is 7.09. The molecule has 8 aromatic rings. The van der Waals surface area contributed by atoms with Gasteiger partial charge in [-0.2, -0.15) is 0 Å². The van der Waals surface area contributed by atoms with Gasteiger partial charge >= 0.3 is 388 Å². The Hall–Kier alpha value is -4.33. The van der Waals surface area contributed by atoms with Gasteiger partial charge in [0, 0.05) is 0 Å². The van der Waals surface area contributed by atoms with Crippen LogP contribution in [0.3, 0.4) is 0 Å². The molecule has 0 N–H and O–H groups in total. The van der Waals surface area contributed by atoms with E-state index in [1.807, 2.05) is 12.1 Å². The van der Waals surface area contributed by atoms with Gasteiger partial charge in [-0.15, -0.1) is 0 Å². The SMILES string of the molecule is CC(C)(C)c1cc2c(cc1-c1ccccc1)Cc1c-2cc(C(C)(C)C)c(-c2ccccc2)[c]1[Zr+2]([C]1=CC=CC1)=[C](c1cccc2c(Cl)cccc12)c1cccc2c(Cl)cccc12.[Cl-].[Cl-]. The van der Waals surface area contributed by atoms with Crippen molar-refractivity contribution >= 4 is 51.2 Å². The van der Waals surface area contributed by atoms with Crippen molar-refractivity contribution in [2.45, 2.75) is 65.2 Å². The van der Waals surface area contributed by atoms with Crippen molar-refractivity contribution in [3.63, 3.8) is 0 Å². The molecule has 0 aliphatic heterocycles. The number of halogens is 4. The Kier molecular flexibility index (Phi) is 13.1. The molecule has 0 nitrogen and oxygen atoms in total. The molecule has 0 heterocycles. The van der Waals surface area contributed by atoms with Crippen LogP contribution in [0.5, 0.6) is 0 Å². The zero-order valence-corrected chi connectivity index (χ0v) is 42.6. The Morgan fingerprint density at radius 3 is 1.56 bits per heavy atom. The minimum Gasteiger partial charge on any atom is -1.00 e. The van der Waals surface area contributed by atoms with Gasteiger partial charge in [0.25, 0.3) is 0 Å². The van der Waals surface area contributed by atoms with Crippen LogP contribution in [0.2, 0.25) is 10.0 Å². The van der Waals surface area contributed by atoms with E-state index in [0.717, 1.165) is 33.7 Å². The molecule has 0 fully saturated rings. The summed E-state index contributed by atoms with van der Waals surface area (Å²) >= 11 is 10.8. The Balaban J connectivity index is 0.00000280. The summed E-state index contributed by atoms with van der Waals surface area (Å²) in [5, 5.41) is 6.09. The monoisotopic (exact) mass is 988 g/mol. The summed E-state index contributed by atoms with van der Waals surface area (Å²) in [4.78, 5) is 0. The predicted octanol–water partition coefficient (Wildman–Crippen LogP) is 10.2. The quantitative estimate of drug-likeness (QED) is 0.156. The number of hydrogen-bond acceptors (Lipinski definition) is 0. The fourth-order valence-corrected chi connectivity index (χ4v) is 19.2. The maximum atomic E-state index is 7.09. The van der Waals surface area contributed by atoms with E-state index in [0.29, 0.717) is 0 Å². The van der Waals surface area contributed by atoms with Crippen molar-refractivity contribution in [3.05, 3.63) is 217 Å². The van der Waals surface area contributed by atoms with Gasteiger partial charge in [0.2, 0.25) is 0 Å². The van der Waals surface area contributed by atoms with E-state index in [4.69, 9.17) is 23.2 Å². The zero-order chi connectivity index (χ0) is 42.9. The van der Waals surface area contributed by atoms with Gasteiger partial charge in [-0.3, -0.25) is 0 Å². The molecule has 0 unspecified atom stereocenters. The molecular weight excluding hydrogens is 942 g/mol. The van der Waals surface area contributed by atoms with Gasteiger partial charge in [-0.25, -0.2) is 0 Å². The fourth-order valence-electron chi connectivity index (χ4n) is 10.1. The second kappa shape index (κ2) is 18.2. The van der Waals surface area contributed by atoms with Crippen LogP contribution in [-0.2, 0) is 38.5 Å². The van der Waals surface area contributed by atoms with E-state index < -0.39 is 21.3 Å². The molecule has 0 aromatic heterocycles. The average molecular weight is 992 g/mol. The van der Waals surface area contributed by atoms with Crippen LogP contribution in [0.25, 0.3) is 54.9 Å². The standard InChI is InChI=1S/C33H33.C21H12Cl2.C5H5.2ClH.Zr/c1-32(2,3)30-20-26-24(18-28(30)22-13-9-7-10-14-22)17-25-19-29(23-15-11-8-12-16-23)31(21-27(25)26)33(4,5)6;22-20-11-3-7-16-14(5-1-9-18(16)20)13-15-6-2-10-19-17(15)8-4-12-21(19)23;1-2-4-5-3-1;;;/h7-16,18,20-21H,17H2,1-6H3;1-12H;1-3H,4H2;2*1H;/q;;;;;+2/p-2. The second-order valence-electron chi connectivity index (χ2n) is 19.0. The minimum atomic E-state index is -3.39. The minimum absolute atomic E-state index is 0. The summed E-state index contributed by atoms with van der Waals surface area (Å²) in [6, 6.07) is 56.4. The molecule has 64 heavy (non-hydrogen) atoms. The molecule has 0 bridgehead atoms. The van der Waals surface area contributed by atoms with Gasteiger partial charge in [0.15, 0.2) is 0 Å². The third-order valence-electron chi connectivity index (χ3n) is 13.0. The first kappa shape index (κ1) is 46.2. The van der Waals surface area contributed by atoms with E-state index in [-0.39, 0.29) is 35.6 Å². The van der Waals surface area contributed by atoms with Crippen LogP contribution < -0.4 is 28.1 Å². The molecule has 318 valence electrons. The Morgan fingerprint density at radius 2 is 1.03 bits per heavy atom. The summed E-state index contributed by atoms with van der Waals surface area (Å²) in [5.41, 5.74) is 16.1. The van der Waals surface area contributed by atoms with Crippen molar-refractivity contribution in [1.29, 1.82) is 0 Å². The van der Waals surface area contributed by atoms with Crippen LogP contribution in [0.15, 0.2) is 173 Å². The number of benzene rings is 8. The van der Waals surface area contributed by atoms with Gasteiger partial charge < -0.3 is 24.8 Å². The largest absolute Gasteiger partial charge is 1.00 e. The molecule has 0 saturated carbocycles. The van der Waals surface area contributed by atoms with Gasteiger partial charge in [-0.1, -0.05) is 0 Å². The normalized spacial score (nSPS) is 12.8. The second-order valence-corrected chi connectivity index (χ2v) is 25.7. The maximum Gasteiger partial charge on any atom is -1.00 e. The first-order valence-electron chi connectivity index (χ1n) is 21.8. The number of fused-ring (bicyclic) bond motifs is 5. The average Bonchev–Trinajstić information content (AvgIpc) is 3.93. The Bertz CT molecular complexity index is 3110. The molecule has 8 aromatic carbocycles. The van der Waals surface area contributed by atoms with Gasteiger partial charge in [0.05, 0.1) is 0 Å². The fraction of sp³-hybridized carbons (Fsp3) is 0.169. The van der Waals surface area contributed by atoms with Crippen molar-refractivity contribution < 1.29 is 46.1 Å². The van der Waals surface area contributed by atoms with E-state index >= 15 is 0 Å². The van der Waals surface area contributed by atoms with Gasteiger partial charge in [-0.05, 0) is 0 Å². The molecule has 0 radical (unpaired) electrons. The molecule has 0 saturated heterocycles. The van der Waals surface area contributed by atoms with Crippen LogP contribution in [0.1, 0.15) is 81.3 Å². The smallest absolute Gasteiger partial charge is 1.00 e. The van der Waals surface area contributed by atoms with Crippen molar-refractivity contribution in [2.75, 3.05) is 0 Å². The van der Waals surface area contributed by atoms with Crippen molar-refractivity contribution in [1.82, 2.24) is 0 Å². The van der Waals surface area contributed by atoms with Crippen molar-refractivity contribution in [3.8, 4) is 33.4 Å². The number of hydrogen-bond donors (Lipinski definition) is 0. The first-order valence-corrected chi connectivity index (χ1v) is 26.3. The number of rotatable bonds is 6.